The van der Waals surface area contributed by atoms with E-state index in [0.29, 0.717) is 35.5 Å². The number of carbonyl (C=O) groups excluding carboxylic acids is 1. The average Bonchev–Trinajstić information content (AvgIpc) is 2.91. The van der Waals surface area contributed by atoms with Gasteiger partial charge in [0.25, 0.3) is 0 Å². The van der Waals surface area contributed by atoms with Gasteiger partial charge in [0, 0.05) is 29.8 Å². The van der Waals surface area contributed by atoms with Crippen LogP contribution in [0.5, 0.6) is 23.0 Å². The van der Waals surface area contributed by atoms with Gasteiger partial charge in [-0.05, 0) is 55.9 Å². The van der Waals surface area contributed by atoms with Crippen LogP contribution in [-0.4, -0.2) is 65.2 Å². The molecule has 0 fully saturated rings. The summed E-state index contributed by atoms with van der Waals surface area (Å²) in [5.41, 5.74) is 16.5. The van der Waals surface area contributed by atoms with Crippen LogP contribution in [0.3, 0.4) is 0 Å². The first kappa shape index (κ1) is 26.0. The number of hydrogen-bond donors (Lipinski definition) is 6. The average molecular weight is 501 g/mol. The van der Waals surface area contributed by atoms with Gasteiger partial charge in [0.2, 0.25) is 5.91 Å². The zero-order valence-corrected chi connectivity index (χ0v) is 21.3. The summed E-state index contributed by atoms with van der Waals surface area (Å²) in [5.74, 6) is 0.262. The Kier molecular flexibility index (Phi) is 7.07. The van der Waals surface area contributed by atoms with E-state index in [1.165, 1.54) is 14.2 Å². The number of nitrogens with zero attached hydrogens (tertiary/aromatic N) is 1. The SMILES string of the molecule is COc1c(C)cc2c(c1O)C(CNC(=O)C(C)N)N1C(C2)c2c(cc(C)c(OC)c2O)CC(N)C1O. The fourth-order valence-corrected chi connectivity index (χ4v) is 5.77. The van der Waals surface area contributed by atoms with Crippen LogP contribution in [0.15, 0.2) is 12.1 Å². The van der Waals surface area contributed by atoms with E-state index in [9.17, 15) is 20.1 Å². The van der Waals surface area contributed by atoms with E-state index in [4.69, 9.17) is 20.9 Å². The maximum Gasteiger partial charge on any atom is 0.236 e. The van der Waals surface area contributed by atoms with Crippen LogP contribution in [0, 0.1) is 13.8 Å². The van der Waals surface area contributed by atoms with Crippen molar-refractivity contribution in [1.29, 1.82) is 0 Å². The highest BCUT2D eigenvalue weighted by Gasteiger charge is 2.46. The molecule has 0 saturated heterocycles. The summed E-state index contributed by atoms with van der Waals surface area (Å²) in [6.07, 6.45) is -0.432. The molecule has 5 atom stereocenters. The summed E-state index contributed by atoms with van der Waals surface area (Å²) in [6, 6.07) is 1.25. The second-order valence-electron chi connectivity index (χ2n) is 9.79. The highest BCUT2D eigenvalue weighted by Crippen LogP contribution is 2.53. The van der Waals surface area contributed by atoms with Gasteiger partial charge in [-0.25, -0.2) is 0 Å². The Hall–Kier alpha value is -3.05. The molecule has 2 aromatic carbocycles. The number of phenols is 2. The van der Waals surface area contributed by atoms with Crippen LogP contribution in [0.1, 0.15) is 52.4 Å². The topological polar surface area (TPSA) is 164 Å². The summed E-state index contributed by atoms with van der Waals surface area (Å²) in [6.45, 7) is 5.32. The number of nitrogens with two attached hydrogens (primary N) is 2. The van der Waals surface area contributed by atoms with E-state index in [1.54, 1.807) is 11.8 Å². The van der Waals surface area contributed by atoms with Crippen LogP contribution < -0.4 is 26.3 Å². The quantitative estimate of drug-likeness (QED) is 0.352. The van der Waals surface area contributed by atoms with Crippen molar-refractivity contribution in [1.82, 2.24) is 10.2 Å². The van der Waals surface area contributed by atoms with Crippen LogP contribution >= 0.6 is 0 Å². The molecule has 2 aromatic rings. The Bertz CT molecular complexity index is 1180. The molecule has 2 aliphatic heterocycles. The van der Waals surface area contributed by atoms with Gasteiger partial charge in [0.05, 0.1) is 26.3 Å². The molecular weight excluding hydrogens is 464 g/mol. The normalized spacial score (nSPS) is 24.1. The van der Waals surface area contributed by atoms with Crippen LogP contribution in [-0.2, 0) is 17.6 Å². The van der Waals surface area contributed by atoms with E-state index < -0.39 is 30.4 Å². The fraction of sp³-hybridized carbons (Fsp3) is 0.500. The lowest BCUT2D eigenvalue weighted by Crippen LogP contribution is -2.54. The molecule has 0 radical (unpaired) electrons. The molecule has 0 aromatic heterocycles. The smallest absolute Gasteiger partial charge is 0.236 e. The molecule has 0 aliphatic carbocycles. The minimum atomic E-state index is -1.13. The minimum absolute atomic E-state index is 0.0000662. The molecule has 0 spiro atoms. The van der Waals surface area contributed by atoms with Crippen LogP contribution in [0.2, 0.25) is 0 Å². The lowest BCUT2D eigenvalue weighted by Gasteiger charge is -2.46. The number of aryl methyl sites for hydroxylation is 2. The minimum Gasteiger partial charge on any atom is -0.504 e. The van der Waals surface area contributed by atoms with Gasteiger partial charge in [-0.2, -0.15) is 0 Å². The lowest BCUT2D eigenvalue weighted by atomic mass is 9.82. The van der Waals surface area contributed by atoms with E-state index in [1.807, 2.05) is 26.0 Å². The highest BCUT2D eigenvalue weighted by molar-refractivity contribution is 5.81. The van der Waals surface area contributed by atoms with Gasteiger partial charge in [-0.15, -0.1) is 0 Å². The van der Waals surface area contributed by atoms with Crippen molar-refractivity contribution in [3.8, 4) is 23.0 Å². The second-order valence-corrected chi connectivity index (χ2v) is 9.79. The molecule has 0 saturated carbocycles. The lowest BCUT2D eigenvalue weighted by molar-refractivity contribution is -0.123. The molecular formula is C26H36N4O6. The summed E-state index contributed by atoms with van der Waals surface area (Å²) in [5, 5.41) is 36.9. The van der Waals surface area contributed by atoms with Gasteiger partial charge in [-0.3, -0.25) is 9.69 Å². The summed E-state index contributed by atoms with van der Waals surface area (Å²) < 4.78 is 11.0. The van der Waals surface area contributed by atoms with Crippen LogP contribution in [0.25, 0.3) is 0 Å². The van der Waals surface area contributed by atoms with Crippen molar-refractivity contribution in [3.63, 3.8) is 0 Å². The third-order valence-corrected chi connectivity index (χ3v) is 7.37. The standard InChI is InChI=1S/C26H36N4O6/c1-11-6-14-8-16(28)26(34)30-17(19(14)21(31)23(11)35-4)9-15-7-12(2)24(36-5)22(32)20(15)18(30)10-29-25(33)13(3)27/h6-7,13,16-18,26,31-32,34H,8-10,27-28H2,1-5H3,(H,29,33). The third kappa shape index (κ3) is 4.13. The van der Waals surface area contributed by atoms with Crippen molar-refractivity contribution >= 4 is 5.91 Å². The Labute approximate surface area is 210 Å². The number of benzene rings is 2. The van der Waals surface area contributed by atoms with Crippen molar-refractivity contribution in [2.45, 2.75) is 64.0 Å². The largest absolute Gasteiger partial charge is 0.504 e. The van der Waals surface area contributed by atoms with E-state index in [2.05, 4.69) is 5.32 Å². The maximum atomic E-state index is 12.4. The highest BCUT2D eigenvalue weighted by atomic mass is 16.5. The third-order valence-electron chi connectivity index (χ3n) is 7.37. The Morgan fingerprint density at radius 2 is 1.61 bits per heavy atom. The van der Waals surface area contributed by atoms with Crippen molar-refractivity contribution in [3.05, 3.63) is 45.5 Å². The number of aliphatic hydroxyl groups excluding tert-OH is 1. The molecule has 8 N–H and O–H groups in total. The molecule has 5 unspecified atom stereocenters. The predicted molar refractivity (Wildman–Crippen MR) is 134 cm³/mol. The molecule has 10 heteroatoms. The zero-order valence-electron chi connectivity index (χ0n) is 21.3. The van der Waals surface area contributed by atoms with Gasteiger partial charge in [-0.1, -0.05) is 12.1 Å². The number of amides is 1. The maximum absolute atomic E-state index is 12.4. The number of nitrogens with one attached hydrogen (secondary N) is 1. The van der Waals surface area contributed by atoms with E-state index in [0.717, 1.165) is 22.3 Å². The van der Waals surface area contributed by atoms with E-state index in [-0.39, 0.29) is 24.0 Å². The van der Waals surface area contributed by atoms with Crippen LogP contribution in [0.4, 0.5) is 0 Å². The number of carbonyl (C=O) groups is 1. The molecule has 196 valence electrons. The fourth-order valence-electron chi connectivity index (χ4n) is 5.77. The number of hydrogen-bond acceptors (Lipinski definition) is 9. The first-order valence-electron chi connectivity index (χ1n) is 12.0. The first-order valence-corrected chi connectivity index (χ1v) is 12.0. The summed E-state index contributed by atoms with van der Waals surface area (Å²) in [4.78, 5) is 14.2. The Balaban J connectivity index is 1.97. The monoisotopic (exact) mass is 500 g/mol. The van der Waals surface area contributed by atoms with Gasteiger partial charge in [0.1, 0.15) is 6.23 Å². The Morgan fingerprint density at radius 3 is 2.14 bits per heavy atom. The molecule has 0 bridgehead atoms. The summed E-state index contributed by atoms with van der Waals surface area (Å²) in [7, 11) is 2.98. The molecule has 2 heterocycles. The summed E-state index contributed by atoms with van der Waals surface area (Å²) >= 11 is 0. The number of fused-ring (bicyclic) bond motifs is 4. The molecule has 2 aliphatic rings. The number of aliphatic hydroxyl groups is 1. The van der Waals surface area contributed by atoms with E-state index >= 15 is 0 Å². The molecule has 4 rings (SSSR count). The zero-order chi connectivity index (χ0) is 26.5. The molecule has 1 amide bonds. The number of rotatable bonds is 5. The molecule has 36 heavy (non-hydrogen) atoms. The second kappa shape index (κ2) is 9.78. The van der Waals surface area contributed by atoms with Gasteiger partial charge >= 0.3 is 0 Å². The first-order chi connectivity index (χ1) is 17.0. The number of methoxy groups -OCH3 is 2. The van der Waals surface area contributed by atoms with Crippen molar-refractivity contribution in [2.75, 3.05) is 20.8 Å². The van der Waals surface area contributed by atoms with Crippen molar-refractivity contribution in [2.24, 2.45) is 11.5 Å². The molecule has 10 nitrogen and oxygen atoms in total. The van der Waals surface area contributed by atoms with Gasteiger partial charge < -0.3 is 41.6 Å². The number of ether oxygens (including phenoxy) is 2. The van der Waals surface area contributed by atoms with Crippen molar-refractivity contribution < 1.29 is 29.6 Å². The number of aromatic hydroxyl groups is 2. The van der Waals surface area contributed by atoms with Gasteiger partial charge in [0.15, 0.2) is 23.0 Å². The predicted octanol–water partition coefficient (Wildman–Crippen LogP) is 1.04. The number of phenolic OH excluding ortho intramolecular Hbond substituents is 2. The Morgan fingerprint density at radius 1 is 1.08 bits per heavy atom.